The number of thiophene rings is 1. The van der Waals surface area contributed by atoms with Crippen LogP contribution < -0.4 is 10.1 Å². The number of nitrogens with one attached hydrogen (secondary N) is 1. The summed E-state index contributed by atoms with van der Waals surface area (Å²) in [5, 5.41) is 12.9. The molecule has 0 radical (unpaired) electrons. The predicted molar refractivity (Wildman–Crippen MR) is 106 cm³/mol. The fraction of sp³-hybridized carbons (Fsp3) is 0.350. The summed E-state index contributed by atoms with van der Waals surface area (Å²) in [4.78, 5) is 37.8. The van der Waals surface area contributed by atoms with Crippen LogP contribution in [0, 0.1) is 0 Å². The monoisotopic (exact) mass is 419 g/mol. The lowest BCUT2D eigenvalue weighted by Gasteiger charge is -2.09. The Morgan fingerprint density at radius 3 is 2.66 bits per heavy atom. The molecule has 9 heteroatoms. The third-order valence-electron chi connectivity index (χ3n) is 4.41. The van der Waals surface area contributed by atoms with Gasteiger partial charge in [0, 0.05) is 10.9 Å². The first-order valence-electron chi connectivity index (χ1n) is 9.10. The molecule has 1 amide bonds. The highest BCUT2D eigenvalue weighted by Gasteiger charge is 2.28. The zero-order valence-electron chi connectivity index (χ0n) is 16.1. The second kappa shape index (κ2) is 8.95. The summed E-state index contributed by atoms with van der Waals surface area (Å²) in [6.07, 6.45) is 2.58. The molecule has 2 N–H and O–H groups in total. The lowest BCUT2D eigenvalue weighted by Crippen LogP contribution is -2.22. The van der Waals surface area contributed by atoms with Gasteiger partial charge in [-0.3, -0.25) is 4.79 Å². The summed E-state index contributed by atoms with van der Waals surface area (Å²) in [5.41, 5.74) is 1.22. The van der Waals surface area contributed by atoms with Gasteiger partial charge in [0.1, 0.15) is 22.1 Å². The van der Waals surface area contributed by atoms with E-state index in [2.05, 4.69) is 5.32 Å². The number of rotatable bonds is 7. The molecule has 0 aliphatic heterocycles. The number of aryl methyl sites for hydroxylation is 1. The minimum atomic E-state index is -0.848. The second-order valence-electron chi connectivity index (χ2n) is 6.29. The largest absolute Gasteiger partial charge is 0.507 e. The number of amides is 1. The molecule has 1 heterocycles. The third kappa shape index (κ3) is 4.51. The first kappa shape index (κ1) is 20.7. The van der Waals surface area contributed by atoms with E-state index in [1.165, 1.54) is 36.6 Å². The van der Waals surface area contributed by atoms with Crippen molar-refractivity contribution >= 4 is 34.2 Å². The van der Waals surface area contributed by atoms with Gasteiger partial charge in [-0.1, -0.05) is 0 Å². The maximum Gasteiger partial charge on any atom is 0.342 e. The Balaban J connectivity index is 1.66. The Labute approximate surface area is 171 Å². The maximum atomic E-state index is 12.3. The number of carbonyl (C=O) groups is 3. The van der Waals surface area contributed by atoms with E-state index in [4.69, 9.17) is 14.2 Å². The molecule has 154 valence electrons. The van der Waals surface area contributed by atoms with Gasteiger partial charge < -0.3 is 24.6 Å². The Bertz CT molecular complexity index is 951. The van der Waals surface area contributed by atoms with Crippen LogP contribution in [0.1, 0.15) is 44.5 Å². The van der Waals surface area contributed by atoms with Crippen LogP contribution in [-0.4, -0.2) is 43.3 Å². The predicted octanol–water partition coefficient (Wildman–Crippen LogP) is 2.92. The van der Waals surface area contributed by atoms with Gasteiger partial charge in [-0.2, -0.15) is 0 Å². The molecule has 0 unspecified atom stereocenters. The van der Waals surface area contributed by atoms with E-state index >= 15 is 0 Å². The first-order valence-corrected chi connectivity index (χ1v) is 9.91. The van der Waals surface area contributed by atoms with E-state index in [1.54, 1.807) is 6.92 Å². The normalized spacial score (nSPS) is 12.2. The van der Waals surface area contributed by atoms with Gasteiger partial charge in [0.15, 0.2) is 6.61 Å². The lowest BCUT2D eigenvalue weighted by atomic mass is 10.1. The smallest absolute Gasteiger partial charge is 0.342 e. The van der Waals surface area contributed by atoms with E-state index < -0.39 is 24.5 Å². The zero-order valence-corrected chi connectivity index (χ0v) is 16.9. The topological polar surface area (TPSA) is 111 Å². The Kier molecular flexibility index (Phi) is 6.38. The van der Waals surface area contributed by atoms with E-state index in [1.807, 2.05) is 0 Å². The van der Waals surface area contributed by atoms with Crippen LogP contribution in [0.15, 0.2) is 18.2 Å². The minimum absolute atomic E-state index is 0.0825. The SMILES string of the molecule is CCOC(=O)c1c(NC(=O)COC(=O)c2ccc(OC)cc2O)sc2c1CCC2. The number of benzene rings is 1. The van der Waals surface area contributed by atoms with Crippen molar-refractivity contribution in [1.82, 2.24) is 0 Å². The number of methoxy groups -OCH3 is 1. The van der Waals surface area contributed by atoms with E-state index in [9.17, 15) is 19.5 Å². The summed E-state index contributed by atoms with van der Waals surface area (Å²) in [5.74, 6) is -1.83. The number of fused-ring (bicyclic) bond motifs is 1. The zero-order chi connectivity index (χ0) is 21.0. The fourth-order valence-electron chi connectivity index (χ4n) is 3.09. The Hall–Kier alpha value is -3.07. The van der Waals surface area contributed by atoms with E-state index in [0.29, 0.717) is 16.3 Å². The minimum Gasteiger partial charge on any atom is -0.507 e. The van der Waals surface area contributed by atoms with Crippen LogP contribution in [0.25, 0.3) is 0 Å². The van der Waals surface area contributed by atoms with E-state index in [0.717, 1.165) is 29.7 Å². The molecule has 0 saturated heterocycles. The summed E-state index contributed by atoms with van der Waals surface area (Å²) >= 11 is 1.34. The van der Waals surface area contributed by atoms with Crippen LogP contribution in [0.5, 0.6) is 11.5 Å². The summed E-state index contributed by atoms with van der Waals surface area (Å²) < 4.78 is 15.0. The summed E-state index contributed by atoms with van der Waals surface area (Å²) in [6, 6.07) is 4.11. The molecule has 1 aromatic heterocycles. The van der Waals surface area contributed by atoms with Crippen LogP contribution in [0.3, 0.4) is 0 Å². The molecule has 1 aliphatic carbocycles. The van der Waals surface area contributed by atoms with Crippen LogP contribution in [-0.2, 0) is 27.1 Å². The number of phenols is 1. The number of hydrogen-bond donors (Lipinski definition) is 2. The summed E-state index contributed by atoms with van der Waals surface area (Å²) in [6.45, 7) is 1.39. The summed E-state index contributed by atoms with van der Waals surface area (Å²) in [7, 11) is 1.43. The molecular weight excluding hydrogens is 398 g/mol. The van der Waals surface area contributed by atoms with Gasteiger partial charge in [-0.05, 0) is 43.9 Å². The van der Waals surface area contributed by atoms with Gasteiger partial charge >= 0.3 is 11.9 Å². The number of carbonyl (C=O) groups excluding carboxylic acids is 3. The molecule has 1 aromatic carbocycles. The number of anilines is 1. The van der Waals surface area contributed by atoms with Gasteiger partial charge in [0.2, 0.25) is 0 Å². The average molecular weight is 419 g/mol. The molecule has 1 aliphatic rings. The van der Waals surface area contributed by atoms with Crippen LogP contribution >= 0.6 is 11.3 Å². The molecule has 29 heavy (non-hydrogen) atoms. The molecule has 0 spiro atoms. The Morgan fingerprint density at radius 1 is 1.17 bits per heavy atom. The molecule has 0 atom stereocenters. The second-order valence-corrected chi connectivity index (χ2v) is 7.39. The molecule has 2 aromatic rings. The molecule has 3 rings (SSSR count). The number of hydrogen-bond acceptors (Lipinski definition) is 8. The molecular formula is C20H21NO7S. The van der Waals surface area contributed by atoms with Crippen molar-refractivity contribution in [2.24, 2.45) is 0 Å². The number of esters is 2. The average Bonchev–Trinajstić information content (AvgIpc) is 3.26. The molecule has 0 fully saturated rings. The molecule has 8 nitrogen and oxygen atoms in total. The quantitative estimate of drug-likeness (QED) is 0.664. The number of aromatic hydroxyl groups is 1. The maximum absolute atomic E-state index is 12.3. The van der Waals surface area contributed by atoms with Crippen LogP contribution in [0.4, 0.5) is 5.00 Å². The van der Waals surface area contributed by atoms with Crippen molar-refractivity contribution in [1.29, 1.82) is 0 Å². The van der Waals surface area contributed by atoms with Gasteiger partial charge in [-0.15, -0.1) is 11.3 Å². The van der Waals surface area contributed by atoms with Crippen LogP contribution in [0.2, 0.25) is 0 Å². The van der Waals surface area contributed by atoms with Crippen molar-refractivity contribution in [2.45, 2.75) is 26.2 Å². The highest BCUT2D eigenvalue weighted by molar-refractivity contribution is 7.17. The van der Waals surface area contributed by atoms with Crippen molar-refractivity contribution in [3.8, 4) is 11.5 Å². The van der Waals surface area contributed by atoms with Gasteiger partial charge in [0.05, 0.1) is 19.3 Å². The van der Waals surface area contributed by atoms with Gasteiger partial charge in [-0.25, -0.2) is 9.59 Å². The van der Waals surface area contributed by atoms with Crippen molar-refractivity contribution < 1.29 is 33.7 Å². The molecule has 0 saturated carbocycles. The fourth-order valence-corrected chi connectivity index (χ4v) is 4.39. The highest BCUT2D eigenvalue weighted by Crippen LogP contribution is 2.39. The first-order chi connectivity index (χ1) is 13.9. The Morgan fingerprint density at radius 2 is 1.97 bits per heavy atom. The third-order valence-corrected chi connectivity index (χ3v) is 5.62. The van der Waals surface area contributed by atoms with Crippen molar-refractivity contribution in [3.05, 3.63) is 39.8 Å². The molecule has 0 bridgehead atoms. The highest BCUT2D eigenvalue weighted by atomic mass is 32.1. The standard InChI is InChI=1S/C20H21NO7S/c1-3-27-20(25)17-13-5-4-6-15(13)29-18(17)21-16(23)10-28-19(24)12-8-7-11(26-2)9-14(12)22/h7-9,22H,3-6,10H2,1-2H3,(H,21,23). The lowest BCUT2D eigenvalue weighted by molar-refractivity contribution is -0.119. The van der Waals surface area contributed by atoms with Crippen molar-refractivity contribution in [2.75, 3.05) is 25.6 Å². The van der Waals surface area contributed by atoms with Gasteiger partial charge in [0.25, 0.3) is 5.91 Å². The number of phenolic OH excluding ortho intramolecular Hbond substituents is 1. The van der Waals surface area contributed by atoms with E-state index in [-0.39, 0.29) is 17.9 Å². The van der Waals surface area contributed by atoms with Crippen molar-refractivity contribution in [3.63, 3.8) is 0 Å². The number of ether oxygens (including phenoxy) is 3.